The van der Waals surface area contributed by atoms with Gasteiger partial charge in [0.2, 0.25) is 5.91 Å². The van der Waals surface area contributed by atoms with Crippen molar-refractivity contribution < 1.29 is 14.3 Å². The molecule has 1 aromatic carbocycles. The Morgan fingerprint density at radius 2 is 2.04 bits per heavy atom. The van der Waals surface area contributed by atoms with Crippen molar-refractivity contribution in [3.8, 4) is 0 Å². The van der Waals surface area contributed by atoms with E-state index in [1.165, 1.54) is 7.11 Å². The zero-order valence-corrected chi connectivity index (χ0v) is 15.4. The van der Waals surface area contributed by atoms with Gasteiger partial charge in [-0.2, -0.15) is 5.10 Å². The molecular formula is C19H21N5O3. The van der Waals surface area contributed by atoms with E-state index >= 15 is 0 Å². The maximum absolute atomic E-state index is 12.7. The zero-order chi connectivity index (χ0) is 19.0. The molecule has 3 aromatic rings. The fourth-order valence-corrected chi connectivity index (χ4v) is 3.53. The lowest BCUT2D eigenvalue weighted by Gasteiger charge is -2.27. The first-order chi connectivity index (χ1) is 13.1. The largest absolute Gasteiger partial charge is 0.464 e. The average Bonchev–Trinajstić information content (AvgIpc) is 3.25. The second-order valence-corrected chi connectivity index (χ2v) is 6.60. The number of carbonyl (C=O) groups excluding carboxylic acids is 2. The average molecular weight is 367 g/mol. The van der Waals surface area contributed by atoms with Gasteiger partial charge >= 0.3 is 5.97 Å². The van der Waals surface area contributed by atoms with Crippen molar-refractivity contribution in [1.29, 1.82) is 0 Å². The number of carbonyl (C=O) groups is 2. The van der Waals surface area contributed by atoms with Crippen molar-refractivity contribution in [2.75, 3.05) is 13.7 Å². The molecule has 8 nitrogen and oxygen atoms in total. The summed E-state index contributed by atoms with van der Waals surface area (Å²) < 4.78 is 8.56. The van der Waals surface area contributed by atoms with Crippen molar-refractivity contribution in [1.82, 2.24) is 24.2 Å². The van der Waals surface area contributed by atoms with Crippen molar-refractivity contribution >= 4 is 22.9 Å². The van der Waals surface area contributed by atoms with Crippen molar-refractivity contribution in [3.63, 3.8) is 0 Å². The SMILES string of the molecule is COC(=O)c1cc2n(n1)CCN(C(=O)CCn1c(C)nc3ccccc31)C2. The summed E-state index contributed by atoms with van der Waals surface area (Å²) in [5.41, 5.74) is 3.11. The first-order valence-corrected chi connectivity index (χ1v) is 8.91. The van der Waals surface area contributed by atoms with Gasteiger partial charge in [-0.3, -0.25) is 9.48 Å². The van der Waals surface area contributed by atoms with Crippen LogP contribution in [-0.4, -0.2) is 49.8 Å². The molecule has 3 heterocycles. The Morgan fingerprint density at radius 3 is 2.85 bits per heavy atom. The van der Waals surface area contributed by atoms with Gasteiger partial charge in [0, 0.05) is 19.5 Å². The van der Waals surface area contributed by atoms with E-state index < -0.39 is 5.97 Å². The third kappa shape index (κ3) is 3.18. The highest BCUT2D eigenvalue weighted by Gasteiger charge is 2.24. The molecule has 8 heteroatoms. The molecular weight excluding hydrogens is 346 g/mol. The molecule has 0 spiro atoms. The number of hydrogen-bond acceptors (Lipinski definition) is 5. The van der Waals surface area contributed by atoms with Crippen LogP contribution in [0.1, 0.15) is 28.4 Å². The molecule has 0 radical (unpaired) electrons. The Hall–Kier alpha value is -3.16. The van der Waals surface area contributed by atoms with Gasteiger partial charge in [0.15, 0.2) is 5.69 Å². The van der Waals surface area contributed by atoms with E-state index in [0.717, 1.165) is 22.6 Å². The van der Waals surface area contributed by atoms with Crippen LogP contribution in [0.15, 0.2) is 30.3 Å². The van der Waals surface area contributed by atoms with E-state index in [-0.39, 0.29) is 11.6 Å². The van der Waals surface area contributed by atoms with Gasteiger partial charge in [-0.05, 0) is 25.1 Å². The Kier molecular flexibility index (Phi) is 4.39. The molecule has 0 saturated heterocycles. The van der Waals surface area contributed by atoms with E-state index in [0.29, 0.717) is 32.6 Å². The van der Waals surface area contributed by atoms with Crippen LogP contribution in [0.5, 0.6) is 0 Å². The number of esters is 1. The number of aryl methyl sites for hydroxylation is 2. The van der Waals surface area contributed by atoms with Crippen LogP contribution in [0.2, 0.25) is 0 Å². The van der Waals surface area contributed by atoms with Crippen molar-refractivity contribution in [3.05, 3.63) is 47.5 Å². The van der Waals surface area contributed by atoms with Crippen LogP contribution in [0, 0.1) is 6.92 Å². The lowest BCUT2D eigenvalue weighted by Crippen LogP contribution is -2.38. The van der Waals surface area contributed by atoms with Gasteiger partial charge in [-0.15, -0.1) is 0 Å². The number of benzene rings is 1. The number of para-hydroxylation sites is 2. The van der Waals surface area contributed by atoms with Gasteiger partial charge in [-0.25, -0.2) is 9.78 Å². The van der Waals surface area contributed by atoms with Crippen LogP contribution in [-0.2, 0) is 29.2 Å². The monoisotopic (exact) mass is 367 g/mol. The summed E-state index contributed by atoms with van der Waals surface area (Å²) in [5.74, 6) is 0.528. The second-order valence-electron chi connectivity index (χ2n) is 6.60. The topological polar surface area (TPSA) is 82.3 Å². The maximum Gasteiger partial charge on any atom is 0.358 e. The molecule has 0 aliphatic carbocycles. The highest BCUT2D eigenvalue weighted by Crippen LogP contribution is 2.18. The number of ether oxygens (including phenoxy) is 1. The molecule has 1 amide bonds. The summed E-state index contributed by atoms with van der Waals surface area (Å²) in [4.78, 5) is 30.7. The molecule has 2 aromatic heterocycles. The third-order valence-electron chi connectivity index (χ3n) is 4.94. The van der Waals surface area contributed by atoms with Gasteiger partial charge in [0.1, 0.15) is 5.82 Å². The highest BCUT2D eigenvalue weighted by atomic mass is 16.5. The number of hydrogen-bond donors (Lipinski definition) is 0. The molecule has 1 aliphatic heterocycles. The molecule has 0 atom stereocenters. The first-order valence-electron chi connectivity index (χ1n) is 8.91. The maximum atomic E-state index is 12.7. The van der Waals surface area contributed by atoms with Gasteiger partial charge in [0.25, 0.3) is 0 Å². The Labute approximate surface area is 156 Å². The predicted octanol–water partition coefficient (Wildman–Crippen LogP) is 1.76. The number of imidazole rings is 1. The van der Waals surface area contributed by atoms with Crippen LogP contribution < -0.4 is 0 Å². The Bertz CT molecular complexity index is 1020. The lowest BCUT2D eigenvalue weighted by atomic mass is 10.2. The fourth-order valence-electron chi connectivity index (χ4n) is 3.53. The number of rotatable bonds is 4. The Morgan fingerprint density at radius 1 is 1.22 bits per heavy atom. The van der Waals surface area contributed by atoms with Crippen LogP contribution in [0.3, 0.4) is 0 Å². The minimum absolute atomic E-state index is 0.0826. The van der Waals surface area contributed by atoms with Crippen LogP contribution in [0.4, 0.5) is 0 Å². The normalized spacial score (nSPS) is 13.6. The van der Waals surface area contributed by atoms with E-state index in [4.69, 9.17) is 4.74 Å². The second kappa shape index (κ2) is 6.86. The van der Waals surface area contributed by atoms with E-state index in [2.05, 4.69) is 14.6 Å². The molecule has 0 unspecified atom stereocenters. The molecule has 0 bridgehead atoms. The molecule has 0 saturated carbocycles. The molecule has 27 heavy (non-hydrogen) atoms. The summed E-state index contributed by atoms with van der Waals surface area (Å²) in [6.07, 6.45) is 0.402. The van der Waals surface area contributed by atoms with E-state index in [1.54, 1.807) is 10.7 Å². The van der Waals surface area contributed by atoms with Gasteiger partial charge < -0.3 is 14.2 Å². The summed E-state index contributed by atoms with van der Waals surface area (Å²) in [6, 6.07) is 9.63. The van der Waals surface area contributed by atoms with Crippen molar-refractivity contribution in [2.24, 2.45) is 0 Å². The molecule has 140 valence electrons. The zero-order valence-electron chi connectivity index (χ0n) is 15.4. The standard InChI is InChI=1S/C19H21N5O3/c1-13-20-15-5-3-4-6-17(15)23(13)8-7-18(25)22-9-10-24-14(12-22)11-16(21-24)19(26)27-2/h3-6,11H,7-10,12H2,1-2H3. The summed E-state index contributed by atoms with van der Waals surface area (Å²) in [7, 11) is 1.33. The minimum Gasteiger partial charge on any atom is -0.464 e. The predicted molar refractivity (Wildman–Crippen MR) is 98.1 cm³/mol. The van der Waals surface area contributed by atoms with Crippen molar-refractivity contribution in [2.45, 2.75) is 33.0 Å². The number of aromatic nitrogens is 4. The number of fused-ring (bicyclic) bond motifs is 2. The van der Waals surface area contributed by atoms with Gasteiger partial charge in [-0.1, -0.05) is 12.1 Å². The molecule has 0 N–H and O–H groups in total. The molecule has 4 rings (SSSR count). The number of nitrogens with zero attached hydrogens (tertiary/aromatic N) is 5. The van der Waals surface area contributed by atoms with E-state index in [9.17, 15) is 9.59 Å². The minimum atomic E-state index is -0.461. The highest BCUT2D eigenvalue weighted by molar-refractivity contribution is 5.87. The quantitative estimate of drug-likeness (QED) is 0.656. The van der Waals surface area contributed by atoms with Crippen LogP contribution in [0.25, 0.3) is 11.0 Å². The summed E-state index contributed by atoms with van der Waals surface area (Å²) >= 11 is 0. The smallest absolute Gasteiger partial charge is 0.358 e. The Balaban J connectivity index is 1.44. The number of methoxy groups -OCH3 is 1. The summed E-state index contributed by atoms with van der Waals surface area (Å²) in [5, 5.41) is 4.24. The molecule has 0 fully saturated rings. The van der Waals surface area contributed by atoms with Crippen LogP contribution >= 0.6 is 0 Å². The summed E-state index contributed by atoms with van der Waals surface area (Å²) in [6.45, 7) is 4.15. The van der Waals surface area contributed by atoms with Gasteiger partial charge in [0.05, 0.1) is 36.9 Å². The fraction of sp³-hybridized carbons (Fsp3) is 0.368. The van der Waals surface area contributed by atoms with E-state index in [1.807, 2.05) is 36.1 Å². The molecule has 1 aliphatic rings. The number of amides is 1. The first kappa shape index (κ1) is 17.3. The third-order valence-corrected chi connectivity index (χ3v) is 4.94. The lowest BCUT2D eigenvalue weighted by molar-refractivity contribution is -0.132.